The van der Waals surface area contributed by atoms with Gasteiger partial charge in [0.25, 0.3) is 0 Å². The van der Waals surface area contributed by atoms with Gasteiger partial charge in [-0.05, 0) is 25.0 Å². The Labute approximate surface area is 165 Å². The van der Waals surface area contributed by atoms with E-state index in [1.54, 1.807) is 0 Å². The van der Waals surface area contributed by atoms with Crippen LogP contribution in [0.2, 0.25) is 0 Å². The van der Waals surface area contributed by atoms with Crippen LogP contribution in [0.1, 0.15) is 32.1 Å². The van der Waals surface area contributed by atoms with Gasteiger partial charge in [0, 0.05) is 25.5 Å². The molecule has 1 aromatic rings. The Morgan fingerprint density at radius 3 is 2.79 bits per heavy atom. The summed E-state index contributed by atoms with van der Waals surface area (Å²) in [6.07, 6.45) is 2.47. The predicted octanol–water partition coefficient (Wildman–Crippen LogP) is 2.61. The second kappa shape index (κ2) is 10.7. The van der Waals surface area contributed by atoms with Gasteiger partial charge in [-0.25, -0.2) is 8.78 Å². The second-order valence-electron chi connectivity index (χ2n) is 6.05. The van der Waals surface area contributed by atoms with Crippen molar-refractivity contribution in [1.29, 1.82) is 0 Å². The van der Waals surface area contributed by atoms with Crippen LogP contribution in [0.4, 0.5) is 14.5 Å². The molecule has 2 rings (SSSR count). The maximum atomic E-state index is 13.6. The highest BCUT2D eigenvalue weighted by atomic mass is 32.2. The standard InChI is InChI=1S/C18H21F2N3O4S/c1-27-16(25)5-3-2-4-8-21-18-23-17(26)14(28-18)10-15(24)22-13-7-6-11(19)9-12(13)20/h6-7,9,14H,2-5,8,10H2,1H3,(H,22,24)(H,21,23,26)/t14-/m1/s1. The van der Waals surface area contributed by atoms with E-state index in [1.807, 2.05) is 0 Å². The van der Waals surface area contributed by atoms with E-state index in [1.165, 1.54) is 7.11 Å². The summed E-state index contributed by atoms with van der Waals surface area (Å²) in [6, 6.07) is 2.83. The van der Waals surface area contributed by atoms with E-state index in [0.717, 1.165) is 36.7 Å². The topological polar surface area (TPSA) is 96.9 Å². The van der Waals surface area contributed by atoms with E-state index >= 15 is 0 Å². The third-order valence-corrected chi connectivity index (χ3v) is 4.99. The van der Waals surface area contributed by atoms with Crippen molar-refractivity contribution in [3.05, 3.63) is 29.8 Å². The molecule has 1 aliphatic rings. The number of esters is 1. The quantitative estimate of drug-likeness (QED) is 0.479. The number of benzene rings is 1. The Balaban J connectivity index is 1.74. The summed E-state index contributed by atoms with van der Waals surface area (Å²) in [5.41, 5.74) is -0.143. The Hall–Kier alpha value is -2.49. The average Bonchev–Trinajstić information content (AvgIpc) is 2.99. The van der Waals surface area contributed by atoms with Gasteiger partial charge in [-0.3, -0.25) is 19.4 Å². The van der Waals surface area contributed by atoms with Crippen molar-refractivity contribution in [2.45, 2.75) is 37.4 Å². The number of rotatable bonds is 9. The highest BCUT2D eigenvalue weighted by molar-refractivity contribution is 8.15. The number of amidine groups is 1. The number of carbonyl (C=O) groups excluding carboxylic acids is 3. The molecule has 0 saturated carbocycles. The first-order valence-corrected chi connectivity index (χ1v) is 9.60. The molecule has 152 valence electrons. The van der Waals surface area contributed by atoms with E-state index in [4.69, 9.17) is 0 Å². The number of amides is 2. The molecule has 1 fully saturated rings. The molecule has 1 aromatic carbocycles. The summed E-state index contributed by atoms with van der Waals surface area (Å²) in [5, 5.41) is 4.70. The van der Waals surface area contributed by atoms with Crippen LogP contribution in [0.3, 0.4) is 0 Å². The van der Waals surface area contributed by atoms with Gasteiger partial charge in [-0.2, -0.15) is 0 Å². The summed E-state index contributed by atoms with van der Waals surface area (Å²) in [6.45, 7) is 0.490. The first kappa shape index (κ1) is 21.8. The second-order valence-corrected chi connectivity index (χ2v) is 7.24. The summed E-state index contributed by atoms with van der Waals surface area (Å²) in [4.78, 5) is 39.3. The molecule has 2 N–H and O–H groups in total. The molecule has 0 aromatic heterocycles. The van der Waals surface area contributed by atoms with Crippen LogP contribution in [0.5, 0.6) is 0 Å². The fourth-order valence-electron chi connectivity index (χ4n) is 2.42. The van der Waals surface area contributed by atoms with E-state index < -0.39 is 22.8 Å². The van der Waals surface area contributed by atoms with E-state index in [0.29, 0.717) is 30.6 Å². The maximum absolute atomic E-state index is 13.6. The van der Waals surface area contributed by atoms with Crippen molar-refractivity contribution < 1.29 is 27.9 Å². The first-order valence-electron chi connectivity index (χ1n) is 8.72. The molecule has 0 radical (unpaired) electrons. The number of halogens is 2. The molecule has 1 saturated heterocycles. The Bertz CT molecular complexity index is 773. The molecule has 10 heteroatoms. The summed E-state index contributed by atoms with van der Waals surface area (Å²) < 4.78 is 31.0. The van der Waals surface area contributed by atoms with Gasteiger partial charge in [-0.1, -0.05) is 18.2 Å². The Kier molecular flexibility index (Phi) is 8.37. The lowest BCUT2D eigenvalue weighted by Crippen LogP contribution is -2.28. The van der Waals surface area contributed by atoms with Gasteiger partial charge in [0.15, 0.2) is 5.17 Å². The fourth-order valence-corrected chi connectivity index (χ4v) is 3.41. The maximum Gasteiger partial charge on any atom is 0.305 e. The van der Waals surface area contributed by atoms with Crippen molar-refractivity contribution in [3.8, 4) is 0 Å². The van der Waals surface area contributed by atoms with Crippen molar-refractivity contribution in [2.24, 2.45) is 4.99 Å². The number of unbranched alkanes of at least 4 members (excludes halogenated alkanes) is 2. The number of aliphatic imine (C=N–C) groups is 1. The molecule has 0 spiro atoms. The molecule has 0 bridgehead atoms. The lowest BCUT2D eigenvalue weighted by Gasteiger charge is -2.08. The molecule has 1 aliphatic heterocycles. The van der Waals surface area contributed by atoms with Gasteiger partial charge in [0.05, 0.1) is 12.8 Å². The minimum atomic E-state index is -0.883. The predicted molar refractivity (Wildman–Crippen MR) is 102 cm³/mol. The molecule has 0 aliphatic carbocycles. The zero-order valence-corrected chi connectivity index (χ0v) is 16.1. The Morgan fingerprint density at radius 2 is 2.07 bits per heavy atom. The van der Waals surface area contributed by atoms with Crippen LogP contribution in [0, 0.1) is 11.6 Å². The average molecular weight is 413 g/mol. The lowest BCUT2D eigenvalue weighted by atomic mass is 10.2. The molecule has 2 amide bonds. The molecule has 1 heterocycles. The van der Waals surface area contributed by atoms with Gasteiger partial charge in [0.2, 0.25) is 11.8 Å². The zero-order valence-electron chi connectivity index (χ0n) is 15.3. The number of carbonyl (C=O) groups is 3. The molecular formula is C18H21F2N3O4S. The molecular weight excluding hydrogens is 392 g/mol. The molecule has 0 unspecified atom stereocenters. The number of nitrogens with one attached hydrogen (secondary N) is 2. The summed E-state index contributed by atoms with van der Waals surface area (Å²) >= 11 is 1.14. The number of hydrogen-bond donors (Lipinski definition) is 2. The SMILES string of the molecule is COC(=O)CCCCCN=C1NC(=O)[C@@H](CC(=O)Nc2ccc(F)cc2F)S1. The number of thioether (sulfide) groups is 1. The summed E-state index contributed by atoms with van der Waals surface area (Å²) in [5.74, 6) is -2.77. The number of ether oxygens (including phenoxy) is 1. The van der Waals surface area contributed by atoms with Crippen molar-refractivity contribution in [1.82, 2.24) is 5.32 Å². The van der Waals surface area contributed by atoms with Gasteiger partial charge in [0.1, 0.15) is 16.9 Å². The Morgan fingerprint density at radius 1 is 1.29 bits per heavy atom. The van der Waals surface area contributed by atoms with Crippen LogP contribution in [-0.2, 0) is 19.1 Å². The molecule has 28 heavy (non-hydrogen) atoms. The van der Waals surface area contributed by atoms with Gasteiger partial charge < -0.3 is 15.4 Å². The van der Waals surface area contributed by atoms with Gasteiger partial charge >= 0.3 is 5.97 Å². The number of nitrogens with zero attached hydrogens (tertiary/aromatic N) is 1. The molecule has 1 atom stereocenters. The van der Waals surface area contributed by atoms with E-state index in [9.17, 15) is 23.2 Å². The van der Waals surface area contributed by atoms with Crippen molar-refractivity contribution in [3.63, 3.8) is 0 Å². The van der Waals surface area contributed by atoms with Crippen LogP contribution in [0.25, 0.3) is 0 Å². The third-order valence-electron chi connectivity index (χ3n) is 3.87. The highest BCUT2D eigenvalue weighted by Gasteiger charge is 2.32. The lowest BCUT2D eigenvalue weighted by molar-refractivity contribution is -0.140. The smallest absolute Gasteiger partial charge is 0.305 e. The van der Waals surface area contributed by atoms with Crippen LogP contribution in [0.15, 0.2) is 23.2 Å². The molecule has 7 nitrogen and oxygen atoms in total. The van der Waals surface area contributed by atoms with Gasteiger partial charge in [-0.15, -0.1) is 0 Å². The number of anilines is 1. The van der Waals surface area contributed by atoms with Crippen LogP contribution in [-0.4, -0.2) is 41.9 Å². The highest BCUT2D eigenvalue weighted by Crippen LogP contribution is 2.23. The zero-order chi connectivity index (χ0) is 20.5. The van der Waals surface area contributed by atoms with E-state index in [-0.39, 0.29) is 24.0 Å². The van der Waals surface area contributed by atoms with Crippen LogP contribution < -0.4 is 10.6 Å². The van der Waals surface area contributed by atoms with E-state index in [2.05, 4.69) is 20.4 Å². The minimum absolute atomic E-state index is 0.143. The fraction of sp³-hybridized carbons (Fsp3) is 0.444. The number of hydrogen-bond acceptors (Lipinski definition) is 6. The monoisotopic (exact) mass is 413 g/mol. The van der Waals surface area contributed by atoms with Crippen molar-refractivity contribution in [2.75, 3.05) is 19.0 Å². The summed E-state index contributed by atoms with van der Waals surface area (Å²) in [7, 11) is 1.35. The normalized spacial score (nSPS) is 17.5. The third kappa shape index (κ3) is 6.91. The largest absolute Gasteiger partial charge is 0.469 e. The van der Waals surface area contributed by atoms with Crippen LogP contribution >= 0.6 is 11.8 Å². The van der Waals surface area contributed by atoms with Crippen molar-refractivity contribution >= 4 is 40.4 Å². The first-order chi connectivity index (χ1) is 13.4. The number of methoxy groups -OCH3 is 1. The minimum Gasteiger partial charge on any atom is -0.469 e.